The van der Waals surface area contributed by atoms with Gasteiger partial charge in [-0.1, -0.05) is 18.2 Å². The predicted molar refractivity (Wildman–Crippen MR) is 103 cm³/mol. The number of nitrogens with zero attached hydrogens (tertiary/aromatic N) is 1. The van der Waals surface area contributed by atoms with Crippen LogP contribution in [-0.2, 0) is 21.2 Å². The van der Waals surface area contributed by atoms with Gasteiger partial charge in [0.05, 0.1) is 25.6 Å². The lowest BCUT2D eigenvalue weighted by atomic mass is 10.0. The summed E-state index contributed by atoms with van der Waals surface area (Å²) in [4.78, 5) is 11.5. The molecule has 7 nitrogen and oxygen atoms in total. The van der Waals surface area contributed by atoms with E-state index < -0.39 is 10.0 Å². The lowest BCUT2D eigenvalue weighted by Gasteiger charge is -2.31. The van der Waals surface area contributed by atoms with E-state index in [2.05, 4.69) is 5.32 Å². The number of benzene rings is 2. The van der Waals surface area contributed by atoms with E-state index in [1.165, 1.54) is 37.6 Å². The molecule has 27 heavy (non-hydrogen) atoms. The van der Waals surface area contributed by atoms with E-state index in [0.717, 1.165) is 18.4 Å². The standard InChI is InChI=1S/C19H22N2O5S/c1-13(22)20-15-11-19(18(26-3)12-17(15)25-2)27(23,24)21-10-6-8-14-7-4-5-9-16(14)21/h4-5,7,9,11-12H,6,8,10H2,1-3H3,(H,20,22). The molecule has 0 unspecified atom stereocenters. The normalized spacial score (nSPS) is 13.7. The molecule has 1 aliphatic rings. The van der Waals surface area contributed by atoms with Crippen molar-refractivity contribution in [3.63, 3.8) is 0 Å². The maximum atomic E-state index is 13.5. The van der Waals surface area contributed by atoms with E-state index in [0.29, 0.717) is 18.0 Å². The van der Waals surface area contributed by atoms with Crippen LogP contribution in [0.3, 0.4) is 0 Å². The van der Waals surface area contributed by atoms with Gasteiger partial charge < -0.3 is 14.8 Å². The Bertz CT molecular complexity index is 972. The minimum absolute atomic E-state index is 0.0220. The van der Waals surface area contributed by atoms with Crippen LogP contribution in [0.2, 0.25) is 0 Å². The van der Waals surface area contributed by atoms with Crippen molar-refractivity contribution in [1.29, 1.82) is 0 Å². The van der Waals surface area contributed by atoms with Gasteiger partial charge in [-0.05, 0) is 30.5 Å². The van der Waals surface area contributed by atoms with Crippen LogP contribution in [-0.4, -0.2) is 35.1 Å². The zero-order valence-corrected chi connectivity index (χ0v) is 16.3. The van der Waals surface area contributed by atoms with E-state index in [4.69, 9.17) is 9.47 Å². The van der Waals surface area contributed by atoms with Gasteiger partial charge >= 0.3 is 0 Å². The van der Waals surface area contributed by atoms with Gasteiger partial charge in [0.1, 0.15) is 16.4 Å². The van der Waals surface area contributed by atoms with Crippen molar-refractivity contribution in [2.24, 2.45) is 0 Å². The quantitative estimate of drug-likeness (QED) is 0.849. The van der Waals surface area contributed by atoms with E-state index >= 15 is 0 Å². The summed E-state index contributed by atoms with van der Waals surface area (Å²) in [6.45, 7) is 1.72. The number of ether oxygens (including phenoxy) is 2. The van der Waals surface area contributed by atoms with Gasteiger partial charge in [0.25, 0.3) is 10.0 Å². The number of hydrogen-bond acceptors (Lipinski definition) is 5. The molecule has 0 bridgehead atoms. The molecule has 0 spiro atoms. The number of carbonyl (C=O) groups is 1. The number of carbonyl (C=O) groups excluding carboxylic acids is 1. The van der Waals surface area contributed by atoms with Gasteiger partial charge in [-0.15, -0.1) is 0 Å². The Labute approximate surface area is 158 Å². The number of aryl methyl sites for hydroxylation is 1. The fourth-order valence-corrected chi connectivity index (χ4v) is 4.93. The molecular weight excluding hydrogens is 368 g/mol. The lowest BCUT2D eigenvalue weighted by molar-refractivity contribution is -0.114. The van der Waals surface area contributed by atoms with E-state index in [1.807, 2.05) is 18.2 Å². The summed E-state index contributed by atoms with van der Waals surface area (Å²) in [5, 5.41) is 2.61. The Morgan fingerprint density at radius 1 is 1.11 bits per heavy atom. The first-order valence-corrected chi connectivity index (χ1v) is 9.96. The molecule has 0 radical (unpaired) electrons. The number of rotatable bonds is 5. The highest BCUT2D eigenvalue weighted by atomic mass is 32.2. The molecule has 3 rings (SSSR count). The van der Waals surface area contributed by atoms with Gasteiger partial charge in [0, 0.05) is 19.5 Å². The van der Waals surface area contributed by atoms with E-state index in [-0.39, 0.29) is 22.2 Å². The van der Waals surface area contributed by atoms with Crippen molar-refractivity contribution >= 4 is 27.3 Å². The van der Waals surface area contributed by atoms with E-state index in [1.54, 1.807) is 6.07 Å². The molecule has 1 amide bonds. The number of methoxy groups -OCH3 is 2. The average Bonchev–Trinajstić information content (AvgIpc) is 2.66. The zero-order chi connectivity index (χ0) is 19.6. The Hall–Kier alpha value is -2.74. The first-order chi connectivity index (χ1) is 12.9. The lowest BCUT2D eigenvalue weighted by Crippen LogP contribution is -2.35. The Balaban J connectivity index is 2.16. The molecule has 144 valence electrons. The maximum Gasteiger partial charge on any atom is 0.268 e. The molecule has 0 saturated heterocycles. The predicted octanol–water partition coefficient (Wildman–Crippen LogP) is 2.80. The van der Waals surface area contributed by atoms with Crippen LogP contribution in [0.4, 0.5) is 11.4 Å². The van der Waals surface area contributed by atoms with Crippen molar-refractivity contribution in [3.05, 3.63) is 42.0 Å². The van der Waals surface area contributed by atoms with Gasteiger partial charge in [0.2, 0.25) is 5.91 Å². The Morgan fingerprint density at radius 2 is 1.81 bits per heavy atom. The van der Waals surface area contributed by atoms with Gasteiger partial charge in [-0.2, -0.15) is 0 Å². The third kappa shape index (κ3) is 3.57. The number of para-hydroxylation sites is 1. The van der Waals surface area contributed by atoms with Crippen molar-refractivity contribution in [1.82, 2.24) is 0 Å². The zero-order valence-electron chi connectivity index (χ0n) is 15.5. The number of anilines is 2. The van der Waals surface area contributed by atoms with Gasteiger partial charge in [-0.25, -0.2) is 8.42 Å². The van der Waals surface area contributed by atoms with Crippen molar-refractivity contribution in [3.8, 4) is 11.5 Å². The first-order valence-electron chi connectivity index (χ1n) is 8.52. The van der Waals surface area contributed by atoms with Crippen LogP contribution in [0.1, 0.15) is 18.9 Å². The summed E-state index contributed by atoms with van der Waals surface area (Å²) in [5.74, 6) is 0.147. The van der Waals surface area contributed by atoms with Crippen LogP contribution in [0.15, 0.2) is 41.3 Å². The number of nitrogens with one attached hydrogen (secondary N) is 1. The summed E-state index contributed by atoms with van der Waals surface area (Å²) in [6, 6.07) is 10.3. The molecule has 2 aromatic rings. The van der Waals surface area contributed by atoms with Gasteiger partial charge in [-0.3, -0.25) is 9.10 Å². The van der Waals surface area contributed by atoms with Crippen molar-refractivity contribution in [2.45, 2.75) is 24.7 Å². The minimum Gasteiger partial charge on any atom is -0.495 e. The first kappa shape index (κ1) is 19.0. The summed E-state index contributed by atoms with van der Waals surface area (Å²) in [7, 11) is -1.06. The SMILES string of the molecule is COc1cc(OC)c(S(=O)(=O)N2CCCc3ccccc32)cc1NC(C)=O. The highest BCUT2D eigenvalue weighted by molar-refractivity contribution is 7.93. The number of sulfonamides is 1. The molecule has 0 aromatic heterocycles. The number of amides is 1. The summed E-state index contributed by atoms with van der Waals surface area (Å²) in [6.07, 6.45) is 1.56. The second kappa shape index (κ2) is 7.48. The molecule has 1 heterocycles. The monoisotopic (exact) mass is 390 g/mol. The largest absolute Gasteiger partial charge is 0.495 e. The molecule has 2 aromatic carbocycles. The molecule has 0 atom stereocenters. The fourth-order valence-electron chi connectivity index (χ4n) is 3.23. The Kier molecular flexibility index (Phi) is 5.27. The van der Waals surface area contributed by atoms with Crippen molar-refractivity contribution in [2.75, 3.05) is 30.4 Å². The topological polar surface area (TPSA) is 84.9 Å². The summed E-state index contributed by atoms with van der Waals surface area (Å²) in [5.41, 5.74) is 1.93. The molecule has 0 saturated carbocycles. The molecule has 0 fully saturated rings. The molecule has 0 aliphatic carbocycles. The summed E-state index contributed by atoms with van der Waals surface area (Å²) < 4.78 is 38.9. The smallest absolute Gasteiger partial charge is 0.268 e. The number of hydrogen-bond donors (Lipinski definition) is 1. The Morgan fingerprint density at radius 3 is 2.48 bits per heavy atom. The second-order valence-corrected chi connectivity index (χ2v) is 8.02. The molecule has 1 aliphatic heterocycles. The van der Waals surface area contributed by atoms with Crippen molar-refractivity contribution < 1.29 is 22.7 Å². The third-order valence-electron chi connectivity index (χ3n) is 4.43. The van der Waals surface area contributed by atoms with Crippen LogP contribution >= 0.6 is 0 Å². The number of fused-ring (bicyclic) bond motifs is 1. The molecule has 8 heteroatoms. The molecular formula is C19H22N2O5S. The molecule has 1 N–H and O–H groups in total. The average molecular weight is 390 g/mol. The van der Waals surface area contributed by atoms with Gasteiger partial charge in [0.15, 0.2) is 0 Å². The van der Waals surface area contributed by atoms with Crippen LogP contribution < -0.4 is 19.1 Å². The highest BCUT2D eigenvalue weighted by Crippen LogP contribution is 2.39. The minimum atomic E-state index is -3.90. The van der Waals surface area contributed by atoms with Crippen LogP contribution in [0.5, 0.6) is 11.5 Å². The third-order valence-corrected chi connectivity index (χ3v) is 6.27. The second-order valence-electron chi connectivity index (χ2n) is 6.19. The van der Waals surface area contributed by atoms with Crippen LogP contribution in [0.25, 0.3) is 0 Å². The fraction of sp³-hybridized carbons (Fsp3) is 0.316. The van der Waals surface area contributed by atoms with Crippen LogP contribution in [0, 0.1) is 0 Å². The van der Waals surface area contributed by atoms with E-state index in [9.17, 15) is 13.2 Å². The highest BCUT2D eigenvalue weighted by Gasteiger charge is 2.32. The summed E-state index contributed by atoms with van der Waals surface area (Å²) >= 11 is 0. The maximum absolute atomic E-state index is 13.5.